The molecule has 1 aromatic rings. The molecule has 0 aliphatic carbocycles. The summed E-state index contributed by atoms with van der Waals surface area (Å²) in [5, 5.41) is 9.82. The van der Waals surface area contributed by atoms with Crippen LogP contribution in [0, 0.1) is 0 Å². The van der Waals surface area contributed by atoms with Crippen molar-refractivity contribution in [2.45, 2.75) is 19.1 Å². The highest BCUT2D eigenvalue weighted by Gasteiger charge is 2.27. The molecule has 0 radical (unpaired) electrons. The Morgan fingerprint density at radius 1 is 1.69 bits per heavy atom. The first kappa shape index (κ1) is 10.2. The van der Waals surface area contributed by atoms with Gasteiger partial charge < -0.3 is 20.0 Å². The van der Waals surface area contributed by atoms with Gasteiger partial charge in [0.25, 0.3) is 0 Å². The van der Waals surface area contributed by atoms with E-state index in [0.717, 1.165) is 5.56 Å². The third-order valence-electron chi connectivity index (χ3n) is 1.93. The van der Waals surface area contributed by atoms with Gasteiger partial charge in [-0.15, -0.1) is 0 Å². The largest absolute Gasteiger partial charge is 0.466 e. The lowest BCUT2D eigenvalue weighted by Gasteiger charge is -2.19. The van der Waals surface area contributed by atoms with Crippen molar-refractivity contribution in [3.8, 4) is 0 Å². The first-order chi connectivity index (χ1) is 6.11. The monoisotopic (exact) mass is 185 g/mol. The molecule has 1 heterocycles. The maximum Gasteiger partial charge on any atom is 0.141 e. The topological polar surface area (TPSA) is 68.6 Å². The fourth-order valence-corrected chi connectivity index (χ4v) is 1.17. The molecule has 0 spiro atoms. The normalized spacial score (nSPS) is 15.7. The summed E-state index contributed by atoms with van der Waals surface area (Å²) in [6.07, 6.45) is 1.52. The molecule has 1 unspecified atom stereocenters. The number of methoxy groups -OCH3 is 1. The highest BCUT2D eigenvalue weighted by atomic mass is 16.5. The Morgan fingerprint density at radius 3 is 2.92 bits per heavy atom. The first-order valence-electron chi connectivity index (χ1n) is 4.10. The van der Waals surface area contributed by atoms with Crippen LogP contribution in [0.25, 0.3) is 0 Å². The molecule has 0 aliphatic rings. The molecule has 1 atom stereocenters. The van der Waals surface area contributed by atoms with E-state index in [1.807, 2.05) is 0 Å². The predicted molar refractivity (Wildman–Crippen MR) is 48.0 cm³/mol. The summed E-state index contributed by atoms with van der Waals surface area (Å²) in [5.74, 6) is 0.483. The van der Waals surface area contributed by atoms with E-state index in [2.05, 4.69) is 0 Å². The molecule has 74 valence electrons. The minimum Gasteiger partial charge on any atom is -0.466 e. The van der Waals surface area contributed by atoms with Gasteiger partial charge in [0.1, 0.15) is 11.4 Å². The highest BCUT2D eigenvalue weighted by molar-refractivity contribution is 5.21. The molecular formula is C9H15NO3. The van der Waals surface area contributed by atoms with Crippen LogP contribution in [0.4, 0.5) is 0 Å². The van der Waals surface area contributed by atoms with Crippen molar-refractivity contribution in [3.05, 3.63) is 23.7 Å². The second-order valence-electron chi connectivity index (χ2n) is 3.19. The SMILES string of the molecule is COCc1ccoc1C(C)(O)CN. The van der Waals surface area contributed by atoms with Gasteiger partial charge in [0, 0.05) is 19.2 Å². The quantitative estimate of drug-likeness (QED) is 0.720. The third-order valence-corrected chi connectivity index (χ3v) is 1.93. The third kappa shape index (κ3) is 2.09. The summed E-state index contributed by atoms with van der Waals surface area (Å²) < 4.78 is 10.1. The Labute approximate surface area is 77.3 Å². The lowest BCUT2D eigenvalue weighted by atomic mass is 10.0. The molecule has 0 fully saturated rings. The maximum absolute atomic E-state index is 9.82. The van der Waals surface area contributed by atoms with Crippen LogP contribution in [0.3, 0.4) is 0 Å². The highest BCUT2D eigenvalue weighted by Crippen LogP contribution is 2.24. The van der Waals surface area contributed by atoms with E-state index in [-0.39, 0.29) is 6.54 Å². The zero-order chi connectivity index (χ0) is 9.90. The molecular weight excluding hydrogens is 170 g/mol. The zero-order valence-electron chi connectivity index (χ0n) is 7.91. The zero-order valence-corrected chi connectivity index (χ0v) is 7.91. The van der Waals surface area contributed by atoms with Crippen LogP contribution in [0.2, 0.25) is 0 Å². The van der Waals surface area contributed by atoms with E-state index < -0.39 is 5.60 Å². The number of furan rings is 1. The molecule has 0 amide bonds. The molecule has 0 aliphatic heterocycles. The van der Waals surface area contributed by atoms with Gasteiger partial charge in [-0.1, -0.05) is 0 Å². The minimum absolute atomic E-state index is 0.122. The molecule has 1 aromatic heterocycles. The van der Waals surface area contributed by atoms with Crippen molar-refractivity contribution >= 4 is 0 Å². The van der Waals surface area contributed by atoms with Crippen LogP contribution in [0.1, 0.15) is 18.2 Å². The van der Waals surface area contributed by atoms with Gasteiger partial charge in [0.15, 0.2) is 0 Å². The summed E-state index contributed by atoms with van der Waals surface area (Å²) in [6, 6.07) is 1.77. The maximum atomic E-state index is 9.82. The van der Waals surface area contributed by atoms with Gasteiger partial charge in [-0.25, -0.2) is 0 Å². The van der Waals surface area contributed by atoms with Crippen molar-refractivity contribution in [1.29, 1.82) is 0 Å². The molecule has 3 N–H and O–H groups in total. The van der Waals surface area contributed by atoms with Gasteiger partial charge in [-0.3, -0.25) is 0 Å². The van der Waals surface area contributed by atoms with E-state index in [1.165, 1.54) is 6.26 Å². The van der Waals surface area contributed by atoms with E-state index in [0.29, 0.717) is 12.4 Å². The number of aliphatic hydroxyl groups is 1. The van der Waals surface area contributed by atoms with Crippen LogP contribution >= 0.6 is 0 Å². The van der Waals surface area contributed by atoms with Gasteiger partial charge in [-0.2, -0.15) is 0 Å². The predicted octanol–water partition coefficient (Wildman–Crippen LogP) is 0.592. The molecule has 13 heavy (non-hydrogen) atoms. The van der Waals surface area contributed by atoms with Gasteiger partial charge in [0.2, 0.25) is 0 Å². The fraction of sp³-hybridized carbons (Fsp3) is 0.556. The second kappa shape index (κ2) is 3.91. The molecule has 1 rings (SSSR count). The van der Waals surface area contributed by atoms with Crippen molar-refractivity contribution < 1.29 is 14.3 Å². The number of hydrogen-bond acceptors (Lipinski definition) is 4. The Kier molecular flexibility index (Phi) is 3.08. The summed E-state index contributed by atoms with van der Waals surface area (Å²) in [6.45, 7) is 2.16. The molecule has 0 aromatic carbocycles. The smallest absolute Gasteiger partial charge is 0.141 e. The van der Waals surface area contributed by atoms with Crippen LogP contribution in [-0.2, 0) is 16.9 Å². The van der Waals surface area contributed by atoms with Crippen molar-refractivity contribution in [2.75, 3.05) is 13.7 Å². The number of nitrogens with two attached hydrogens (primary N) is 1. The number of ether oxygens (including phenoxy) is 1. The lowest BCUT2D eigenvalue weighted by Crippen LogP contribution is -2.31. The average molecular weight is 185 g/mol. The Bertz CT molecular complexity index is 268. The van der Waals surface area contributed by atoms with Crippen molar-refractivity contribution in [2.24, 2.45) is 5.73 Å². The van der Waals surface area contributed by atoms with Crippen molar-refractivity contribution in [3.63, 3.8) is 0 Å². The van der Waals surface area contributed by atoms with Crippen molar-refractivity contribution in [1.82, 2.24) is 0 Å². The Hall–Kier alpha value is -0.840. The summed E-state index contributed by atoms with van der Waals surface area (Å²) in [7, 11) is 1.59. The van der Waals surface area contributed by atoms with E-state index in [1.54, 1.807) is 20.1 Å². The van der Waals surface area contributed by atoms with E-state index in [9.17, 15) is 5.11 Å². The summed E-state index contributed by atoms with van der Waals surface area (Å²) in [5.41, 5.74) is 5.13. The molecule has 0 saturated heterocycles. The molecule has 0 bridgehead atoms. The van der Waals surface area contributed by atoms with Crippen LogP contribution in [0.5, 0.6) is 0 Å². The average Bonchev–Trinajstić information content (AvgIpc) is 2.54. The van der Waals surface area contributed by atoms with Gasteiger partial charge in [-0.05, 0) is 13.0 Å². The van der Waals surface area contributed by atoms with Gasteiger partial charge >= 0.3 is 0 Å². The second-order valence-corrected chi connectivity index (χ2v) is 3.19. The Morgan fingerprint density at radius 2 is 2.38 bits per heavy atom. The Balaban J connectivity index is 2.93. The lowest BCUT2D eigenvalue weighted by molar-refractivity contribution is 0.0396. The molecule has 4 nitrogen and oxygen atoms in total. The number of hydrogen-bond donors (Lipinski definition) is 2. The summed E-state index contributed by atoms with van der Waals surface area (Å²) in [4.78, 5) is 0. The standard InChI is InChI=1S/C9H15NO3/c1-9(11,6-10)8-7(5-12-2)3-4-13-8/h3-4,11H,5-6,10H2,1-2H3. The van der Waals surface area contributed by atoms with E-state index in [4.69, 9.17) is 14.9 Å². The van der Waals surface area contributed by atoms with Gasteiger partial charge in [0.05, 0.1) is 12.9 Å². The van der Waals surface area contributed by atoms with Crippen LogP contribution in [-0.4, -0.2) is 18.8 Å². The minimum atomic E-state index is -1.11. The fourth-order valence-electron chi connectivity index (χ4n) is 1.17. The van der Waals surface area contributed by atoms with Crippen LogP contribution < -0.4 is 5.73 Å². The van der Waals surface area contributed by atoms with E-state index >= 15 is 0 Å². The van der Waals surface area contributed by atoms with Crippen LogP contribution in [0.15, 0.2) is 16.7 Å². The first-order valence-corrected chi connectivity index (χ1v) is 4.10. The number of rotatable bonds is 4. The summed E-state index contributed by atoms with van der Waals surface area (Å²) >= 11 is 0. The molecule has 0 saturated carbocycles. The molecule has 4 heteroatoms.